The van der Waals surface area contributed by atoms with Gasteiger partial charge in [0.05, 0.1) is 6.10 Å². The molecule has 0 unspecified atom stereocenters. The summed E-state index contributed by atoms with van der Waals surface area (Å²) in [7, 11) is 0. The Kier molecular flexibility index (Phi) is 4.01. The van der Waals surface area contributed by atoms with E-state index in [2.05, 4.69) is 16.2 Å². The first-order valence-corrected chi connectivity index (χ1v) is 6.19. The maximum absolute atomic E-state index is 12.1. The van der Waals surface area contributed by atoms with E-state index in [9.17, 15) is 9.59 Å². The lowest BCUT2D eigenvalue weighted by Crippen LogP contribution is -2.28. The molecule has 104 valence electrons. The first kappa shape index (κ1) is 14.0. The molecule has 1 fully saturated rings. The molecule has 6 nitrogen and oxygen atoms in total. The summed E-state index contributed by atoms with van der Waals surface area (Å²) in [4.78, 5) is 26.9. The van der Waals surface area contributed by atoms with Crippen molar-refractivity contribution in [2.24, 2.45) is 11.7 Å². The van der Waals surface area contributed by atoms with Gasteiger partial charge >= 0.3 is 0 Å². The SMILES string of the molecule is C#C[C@H]1C[C@H](C(=O)Nc2ccnc(C(N)=O)c2)O[C@@H]1C. The number of carbonyl (C=O) groups excluding carboxylic acids is 2. The van der Waals surface area contributed by atoms with E-state index in [1.807, 2.05) is 6.92 Å². The number of carbonyl (C=O) groups is 2. The third-order valence-corrected chi connectivity index (χ3v) is 3.20. The van der Waals surface area contributed by atoms with E-state index >= 15 is 0 Å². The van der Waals surface area contributed by atoms with E-state index in [1.165, 1.54) is 12.3 Å². The average molecular weight is 273 g/mol. The highest BCUT2D eigenvalue weighted by molar-refractivity contribution is 5.96. The van der Waals surface area contributed by atoms with Crippen LogP contribution in [0, 0.1) is 18.3 Å². The van der Waals surface area contributed by atoms with Gasteiger partial charge in [0.15, 0.2) is 0 Å². The number of pyridine rings is 1. The molecule has 0 aromatic carbocycles. The number of terminal acetylenes is 1. The van der Waals surface area contributed by atoms with Crippen molar-refractivity contribution in [2.45, 2.75) is 25.6 Å². The number of hydrogen-bond donors (Lipinski definition) is 2. The van der Waals surface area contributed by atoms with Crippen LogP contribution in [0.2, 0.25) is 0 Å². The highest BCUT2D eigenvalue weighted by Gasteiger charge is 2.35. The summed E-state index contributed by atoms with van der Waals surface area (Å²) in [6.45, 7) is 1.84. The van der Waals surface area contributed by atoms with Gasteiger partial charge in [0, 0.05) is 17.8 Å². The Labute approximate surface area is 116 Å². The highest BCUT2D eigenvalue weighted by atomic mass is 16.5. The zero-order valence-electron chi connectivity index (χ0n) is 11.0. The first-order valence-electron chi connectivity index (χ1n) is 6.19. The predicted octanol–water partition coefficient (Wildman–Crippen LogP) is 0.546. The molecule has 0 spiro atoms. The van der Waals surface area contributed by atoms with E-state index in [0.29, 0.717) is 12.1 Å². The van der Waals surface area contributed by atoms with E-state index < -0.39 is 12.0 Å². The Bertz CT molecular complexity index is 579. The van der Waals surface area contributed by atoms with Gasteiger partial charge in [-0.2, -0.15) is 0 Å². The van der Waals surface area contributed by atoms with Crippen molar-refractivity contribution in [3.63, 3.8) is 0 Å². The summed E-state index contributed by atoms with van der Waals surface area (Å²) in [6, 6.07) is 2.98. The maximum Gasteiger partial charge on any atom is 0.267 e. The van der Waals surface area contributed by atoms with Crippen LogP contribution < -0.4 is 11.1 Å². The van der Waals surface area contributed by atoms with Gasteiger partial charge in [-0.1, -0.05) is 0 Å². The van der Waals surface area contributed by atoms with Crippen molar-refractivity contribution in [3.05, 3.63) is 24.0 Å². The van der Waals surface area contributed by atoms with Crippen LogP contribution in [0.15, 0.2) is 18.3 Å². The van der Waals surface area contributed by atoms with E-state index in [-0.39, 0.29) is 23.6 Å². The molecular formula is C14H15N3O3. The van der Waals surface area contributed by atoms with Crippen molar-refractivity contribution >= 4 is 17.5 Å². The zero-order valence-corrected chi connectivity index (χ0v) is 11.0. The standard InChI is InChI=1S/C14H15N3O3/c1-3-9-6-12(20-8(9)2)14(19)17-10-4-5-16-11(7-10)13(15)18/h1,4-5,7-9,12H,6H2,2H3,(H2,15,18)(H,16,17,19)/t8-,9+,12-/m1/s1. The fourth-order valence-electron chi connectivity index (χ4n) is 2.07. The lowest BCUT2D eigenvalue weighted by atomic mass is 10.0. The van der Waals surface area contributed by atoms with E-state index in [0.717, 1.165) is 0 Å². The molecule has 2 heterocycles. The lowest BCUT2D eigenvalue weighted by Gasteiger charge is -2.11. The van der Waals surface area contributed by atoms with Crippen molar-refractivity contribution in [3.8, 4) is 12.3 Å². The fraction of sp³-hybridized carbons (Fsp3) is 0.357. The number of rotatable bonds is 3. The molecular weight excluding hydrogens is 258 g/mol. The van der Waals surface area contributed by atoms with Gasteiger partial charge in [-0.15, -0.1) is 12.3 Å². The number of primary amides is 1. The highest BCUT2D eigenvalue weighted by Crippen LogP contribution is 2.26. The molecule has 20 heavy (non-hydrogen) atoms. The zero-order chi connectivity index (χ0) is 14.7. The molecule has 1 saturated heterocycles. The molecule has 1 aliphatic heterocycles. The summed E-state index contributed by atoms with van der Waals surface area (Å²) >= 11 is 0. The number of aromatic nitrogens is 1. The summed E-state index contributed by atoms with van der Waals surface area (Å²) in [5.74, 6) is 1.60. The molecule has 6 heteroatoms. The van der Waals surface area contributed by atoms with Gasteiger partial charge in [0.2, 0.25) is 0 Å². The van der Waals surface area contributed by atoms with Gasteiger partial charge in [0.1, 0.15) is 11.8 Å². The largest absolute Gasteiger partial charge is 0.364 e. The number of ether oxygens (including phenoxy) is 1. The molecule has 0 radical (unpaired) electrons. The minimum Gasteiger partial charge on any atom is -0.364 e. The Balaban J connectivity index is 2.04. The summed E-state index contributed by atoms with van der Waals surface area (Å²) in [5.41, 5.74) is 5.66. The molecule has 1 aromatic heterocycles. The molecule has 0 aliphatic carbocycles. The quantitative estimate of drug-likeness (QED) is 0.786. The summed E-state index contributed by atoms with van der Waals surface area (Å²) in [5, 5.41) is 2.66. The number of hydrogen-bond acceptors (Lipinski definition) is 4. The third kappa shape index (κ3) is 2.95. The number of nitrogens with zero attached hydrogens (tertiary/aromatic N) is 1. The van der Waals surface area contributed by atoms with Crippen LogP contribution in [-0.4, -0.2) is 29.0 Å². The van der Waals surface area contributed by atoms with Crippen LogP contribution in [0.4, 0.5) is 5.69 Å². The predicted molar refractivity (Wildman–Crippen MR) is 72.7 cm³/mol. The van der Waals surface area contributed by atoms with Crippen molar-refractivity contribution in [1.29, 1.82) is 0 Å². The van der Waals surface area contributed by atoms with Crippen LogP contribution in [0.5, 0.6) is 0 Å². The van der Waals surface area contributed by atoms with Crippen LogP contribution in [-0.2, 0) is 9.53 Å². The number of nitrogens with one attached hydrogen (secondary N) is 1. The van der Waals surface area contributed by atoms with Crippen molar-refractivity contribution in [2.75, 3.05) is 5.32 Å². The molecule has 1 aliphatic rings. The average Bonchev–Trinajstić information content (AvgIpc) is 2.80. The molecule has 0 bridgehead atoms. The van der Waals surface area contributed by atoms with E-state index in [1.54, 1.807) is 6.07 Å². The number of amides is 2. The smallest absolute Gasteiger partial charge is 0.267 e. The summed E-state index contributed by atoms with van der Waals surface area (Å²) in [6.07, 6.45) is 6.52. The van der Waals surface area contributed by atoms with Crippen molar-refractivity contribution < 1.29 is 14.3 Å². The molecule has 3 atom stereocenters. The van der Waals surface area contributed by atoms with Gasteiger partial charge < -0.3 is 15.8 Å². The summed E-state index contributed by atoms with van der Waals surface area (Å²) < 4.78 is 5.51. The van der Waals surface area contributed by atoms with Crippen LogP contribution >= 0.6 is 0 Å². The molecule has 2 rings (SSSR count). The normalized spacial score (nSPS) is 24.9. The monoisotopic (exact) mass is 273 g/mol. The molecule has 1 aromatic rings. The van der Waals surface area contributed by atoms with Gasteiger partial charge in [0.25, 0.3) is 11.8 Å². The number of nitrogens with two attached hydrogens (primary N) is 1. The second kappa shape index (κ2) is 5.72. The van der Waals surface area contributed by atoms with Gasteiger partial charge in [-0.05, 0) is 25.5 Å². The topological polar surface area (TPSA) is 94.3 Å². The van der Waals surface area contributed by atoms with Gasteiger partial charge in [-0.3, -0.25) is 14.6 Å². The number of anilines is 1. The van der Waals surface area contributed by atoms with E-state index in [4.69, 9.17) is 16.9 Å². The van der Waals surface area contributed by atoms with Crippen LogP contribution in [0.1, 0.15) is 23.8 Å². The van der Waals surface area contributed by atoms with Crippen LogP contribution in [0.3, 0.4) is 0 Å². The van der Waals surface area contributed by atoms with Crippen molar-refractivity contribution in [1.82, 2.24) is 4.98 Å². The Morgan fingerprint density at radius 2 is 2.35 bits per heavy atom. The minimum atomic E-state index is -0.653. The second-order valence-electron chi connectivity index (χ2n) is 4.62. The Hall–Kier alpha value is -2.39. The maximum atomic E-state index is 12.1. The molecule has 3 N–H and O–H groups in total. The Morgan fingerprint density at radius 1 is 1.60 bits per heavy atom. The lowest BCUT2D eigenvalue weighted by molar-refractivity contribution is -0.126. The van der Waals surface area contributed by atoms with Gasteiger partial charge in [-0.25, -0.2) is 0 Å². The first-order chi connectivity index (χ1) is 9.51. The fourth-order valence-corrected chi connectivity index (χ4v) is 2.07. The second-order valence-corrected chi connectivity index (χ2v) is 4.62. The Morgan fingerprint density at radius 3 is 2.95 bits per heavy atom. The molecule has 2 amide bonds. The molecule has 0 saturated carbocycles. The minimum absolute atomic E-state index is 0.0654. The van der Waals surface area contributed by atoms with Crippen LogP contribution in [0.25, 0.3) is 0 Å². The third-order valence-electron chi connectivity index (χ3n) is 3.20.